The van der Waals surface area contributed by atoms with Gasteiger partial charge in [-0.1, -0.05) is 13.3 Å². The van der Waals surface area contributed by atoms with Crippen molar-refractivity contribution in [2.75, 3.05) is 0 Å². The van der Waals surface area contributed by atoms with Gasteiger partial charge >= 0.3 is 31.1 Å². The molecule has 0 aliphatic carbocycles. The van der Waals surface area contributed by atoms with Gasteiger partial charge in [0.15, 0.2) is 0 Å². The Kier molecular flexibility index (Phi) is 6.21. The molecule has 0 aromatic carbocycles. The number of nitrogens with one attached hydrogen (secondary N) is 1. The topological polar surface area (TPSA) is 12.0 Å². The molecule has 1 fully saturated rings. The number of hydrogen-bond acceptors (Lipinski definition) is 1. The first-order chi connectivity index (χ1) is 4.36. The van der Waals surface area contributed by atoms with Gasteiger partial charge in [0.05, 0.1) is 0 Å². The van der Waals surface area contributed by atoms with E-state index in [0.29, 0.717) is 12.1 Å². The Hall–Kier alpha value is 1.01. The number of hydrogen-bond donors (Lipinski definition) is 1. The first-order valence-corrected chi connectivity index (χ1v) is 3.75. The van der Waals surface area contributed by atoms with Gasteiger partial charge in [-0.25, -0.2) is 0 Å². The zero-order valence-corrected chi connectivity index (χ0v) is 10.7. The fourth-order valence-corrected chi connectivity index (χ4v) is 1.23. The van der Waals surface area contributed by atoms with Gasteiger partial charge in [-0.2, -0.15) is 12.8 Å². The van der Waals surface area contributed by atoms with Crippen LogP contribution in [-0.2, 0) is 0 Å². The van der Waals surface area contributed by atoms with Crippen molar-refractivity contribution in [1.82, 2.24) is 5.32 Å². The molecule has 2 unspecified atom stereocenters. The molecule has 0 saturated carbocycles. The summed E-state index contributed by atoms with van der Waals surface area (Å²) >= 11 is 0. The zero-order valence-electron chi connectivity index (χ0n) is 6.56. The van der Waals surface area contributed by atoms with E-state index >= 15 is 0 Å². The Morgan fingerprint density at radius 3 is 2.70 bits per heavy atom. The molecular formula is C8H15NU. The second kappa shape index (κ2) is 5.64. The maximum Gasteiger partial charge on any atom is 2.00 e. The number of rotatable bonds is 3. The van der Waals surface area contributed by atoms with Crippen LogP contribution in [0.4, 0.5) is 0 Å². The molecule has 2 heteroatoms. The molecule has 1 rings (SSSR count). The first kappa shape index (κ1) is 11.0. The van der Waals surface area contributed by atoms with Gasteiger partial charge in [0.25, 0.3) is 0 Å². The molecule has 1 nitrogen and oxygen atoms in total. The second-order valence-electron chi connectivity index (χ2n) is 2.64. The standard InChI is InChI=1S/C8H15N.U/c1-3-5-8-6-7(4-2)9-8;/h5,7-9H,2-4,6H2,1H3;/q-2;+2. The average Bonchev–Trinajstić information content (AvgIpc) is 1.77. The van der Waals surface area contributed by atoms with Crippen LogP contribution in [-0.4, -0.2) is 12.1 Å². The first-order valence-electron chi connectivity index (χ1n) is 3.75. The van der Waals surface area contributed by atoms with Gasteiger partial charge in [0.1, 0.15) is 0 Å². The zero-order chi connectivity index (χ0) is 6.69. The third-order valence-corrected chi connectivity index (χ3v) is 1.86. The van der Waals surface area contributed by atoms with Crippen molar-refractivity contribution in [2.24, 2.45) is 0 Å². The quantitative estimate of drug-likeness (QED) is 0.751. The van der Waals surface area contributed by atoms with Crippen LogP contribution in [0.5, 0.6) is 0 Å². The molecule has 1 aliphatic heterocycles. The third-order valence-electron chi connectivity index (χ3n) is 1.86. The van der Waals surface area contributed by atoms with Crippen LogP contribution in [0.2, 0.25) is 0 Å². The van der Waals surface area contributed by atoms with Crippen LogP contribution in [0.25, 0.3) is 0 Å². The maximum atomic E-state index is 3.83. The van der Waals surface area contributed by atoms with E-state index in [0.717, 1.165) is 6.42 Å². The van der Waals surface area contributed by atoms with Crippen LogP contribution < -0.4 is 5.32 Å². The molecular weight excluding hydrogens is 348 g/mol. The van der Waals surface area contributed by atoms with Crippen molar-refractivity contribution < 1.29 is 31.1 Å². The summed E-state index contributed by atoms with van der Waals surface area (Å²) in [7, 11) is 0. The molecule has 0 bridgehead atoms. The van der Waals surface area contributed by atoms with E-state index in [2.05, 4.69) is 25.6 Å². The summed E-state index contributed by atoms with van der Waals surface area (Å²) in [6, 6.07) is 1.40. The van der Waals surface area contributed by atoms with E-state index in [-0.39, 0.29) is 31.1 Å². The molecule has 0 radical (unpaired) electrons. The fourth-order valence-electron chi connectivity index (χ4n) is 1.23. The van der Waals surface area contributed by atoms with Crippen LogP contribution in [0.15, 0.2) is 0 Å². The Labute approximate surface area is 87.7 Å². The maximum absolute atomic E-state index is 3.83. The van der Waals surface area contributed by atoms with Crippen molar-refractivity contribution in [2.45, 2.75) is 38.3 Å². The summed E-state index contributed by atoms with van der Waals surface area (Å²) in [5.74, 6) is 0. The Morgan fingerprint density at radius 2 is 2.30 bits per heavy atom. The van der Waals surface area contributed by atoms with Crippen molar-refractivity contribution in [3.63, 3.8) is 0 Å². The molecule has 0 aromatic heterocycles. The molecule has 1 aliphatic rings. The van der Waals surface area contributed by atoms with Crippen molar-refractivity contribution in [3.8, 4) is 0 Å². The van der Waals surface area contributed by atoms with Gasteiger partial charge in [0, 0.05) is 0 Å². The Balaban J connectivity index is 0.000000810. The molecule has 0 spiro atoms. The third kappa shape index (κ3) is 2.95. The summed E-state index contributed by atoms with van der Waals surface area (Å²) < 4.78 is 0. The van der Waals surface area contributed by atoms with Crippen molar-refractivity contribution >= 4 is 0 Å². The van der Waals surface area contributed by atoms with Crippen LogP contribution in [0.3, 0.4) is 0 Å². The predicted octanol–water partition coefficient (Wildman–Crippen LogP) is 1.56. The minimum atomic E-state index is 0. The summed E-state index contributed by atoms with van der Waals surface area (Å²) in [6.45, 7) is 6.01. The predicted molar refractivity (Wildman–Crippen MR) is 39.9 cm³/mol. The summed E-state index contributed by atoms with van der Waals surface area (Å²) in [5.41, 5.74) is 0. The SMILES string of the molecule is [CH2-]CC1CC([CH-]CC)N1.[U+2]. The molecule has 56 valence electrons. The summed E-state index contributed by atoms with van der Waals surface area (Å²) in [4.78, 5) is 0. The van der Waals surface area contributed by atoms with Crippen molar-refractivity contribution in [1.29, 1.82) is 0 Å². The van der Waals surface area contributed by atoms with E-state index in [1.807, 2.05) is 0 Å². The van der Waals surface area contributed by atoms with Crippen LogP contribution >= 0.6 is 0 Å². The van der Waals surface area contributed by atoms with E-state index in [9.17, 15) is 0 Å². The van der Waals surface area contributed by atoms with Crippen LogP contribution in [0.1, 0.15) is 26.2 Å². The Morgan fingerprint density at radius 1 is 1.70 bits per heavy atom. The largest absolute Gasteiger partial charge is 2.00 e. The fraction of sp³-hybridized carbons (Fsp3) is 0.750. The molecule has 10 heavy (non-hydrogen) atoms. The van der Waals surface area contributed by atoms with Gasteiger partial charge in [-0.3, -0.25) is 0 Å². The average molecular weight is 363 g/mol. The smallest absolute Gasteiger partial charge is 0.343 e. The van der Waals surface area contributed by atoms with E-state index in [4.69, 9.17) is 0 Å². The molecule has 0 aromatic rings. The monoisotopic (exact) mass is 363 g/mol. The minimum absolute atomic E-state index is 0. The molecule has 0 amide bonds. The normalized spacial score (nSPS) is 30.6. The summed E-state index contributed by atoms with van der Waals surface area (Å²) in [6.07, 6.45) is 5.85. The van der Waals surface area contributed by atoms with E-state index < -0.39 is 0 Å². The molecule has 2 atom stereocenters. The summed E-state index contributed by atoms with van der Waals surface area (Å²) in [5, 5.41) is 3.41. The van der Waals surface area contributed by atoms with Gasteiger partial charge < -0.3 is 18.7 Å². The molecule has 1 saturated heterocycles. The van der Waals surface area contributed by atoms with Gasteiger partial charge in [-0.05, 0) is 6.04 Å². The van der Waals surface area contributed by atoms with Gasteiger partial charge in [-0.15, -0.1) is 6.04 Å². The second-order valence-corrected chi connectivity index (χ2v) is 2.64. The molecule has 1 heterocycles. The van der Waals surface area contributed by atoms with E-state index in [1.54, 1.807) is 0 Å². The van der Waals surface area contributed by atoms with E-state index in [1.165, 1.54) is 12.8 Å². The van der Waals surface area contributed by atoms with Crippen molar-refractivity contribution in [3.05, 3.63) is 13.3 Å². The minimum Gasteiger partial charge on any atom is -0.343 e. The molecule has 1 N–H and O–H groups in total. The van der Waals surface area contributed by atoms with Crippen LogP contribution in [0, 0.1) is 44.5 Å². The van der Waals surface area contributed by atoms with Gasteiger partial charge in [0.2, 0.25) is 0 Å². The Bertz CT molecular complexity index is 79.3.